The summed E-state index contributed by atoms with van der Waals surface area (Å²) >= 11 is 0. The molecule has 1 fully saturated rings. The Morgan fingerprint density at radius 2 is 1.79 bits per heavy atom. The van der Waals surface area contributed by atoms with Crippen LogP contribution in [0.2, 0.25) is 0 Å². The molecular weight excluding hydrogens is 383 g/mol. The van der Waals surface area contributed by atoms with Gasteiger partial charge in [-0.1, -0.05) is 18.2 Å². The number of aliphatic hydroxyl groups excluding tert-OH is 1. The highest BCUT2D eigenvalue weighted by Crippen LogP contribution is 2.36. The van der Waals surface area contributed by atoms with E-state index >= 15 is 0 Å². The Bertz CT molecular complexity index is 862. The predicted octanol–water partition coefficient (Wildman–Crippen LogP) is 3.38. The molecule has 0 radical (unpaired) electrons. The first-order valence-corrected chi connectivity index (χ1v) is 9.46. The van der Waals surface area contributed by atoms with Gasteiger partial charge in [0.2, 0.25) is 0 Å². The number of nitrogens with zero attached hydrogens (tertiary/aromatic N) is 2. The topological polar surface area (TPSA) is 55.8 Å². The van der Waals surface area contributed by atoms with E-state index in [1.807, 2.05) is 4.90 Å². The number of nitrogens with one attached hydrogen (secondary N) is 1. The molecule has 0 atom stereocenters. The molecule has 1 aliphatic heterocycles. The summed E-state index contributed by atoms with van der Waals surface area (Å²) < 4.78 is 39.7. The van der Waals surface area contributed by atoms with Crippen LogP contribution in [0.25, 0.3) is 0 Å². The zero-order valence-corrected chi connectivity index (χ0v) is 16.2. The number of benzene rings is 2. The highest BCUT2D eigenvalue weighted by Gasteiger charge is 2.32. The lowest BCUT2D eigenvalue weighted by molar-refractivity contribution is -0.137. The third-order valence-electron chi connectivity index (χ3n) is 5.09. The third-order valence-corrected chi connectivity index (χ3v) is 5.09. The van der Waals surface area contributed by atoms with Crippen molar-refractivity contribution in [3.8, 4) is 0 Å². The van der Waals surface area contributed by atoms with Crippen molar-refractivity contribution in [3.05, 3.63) is 59.2 Å². The Labute approximate surface area is 167 Å². The van der Waals surface area contributed by atoms with Gasteiger partial charge in [-0.15, -0.1) is 0 Å². The molecule has 156 valence electrons. The predicted molar refractivity (Wildman–Crippen MR) is 106 cm³/mol. The van der Waals surface area contributed by atoms with Gasteiger partial charge in [-0.3, -0.25) is 9.69 Å². The Morgan fingerprint density at radius 3 is 2.41 bits per heavy atom. The molecule has 0 bridgehead atoms. The minimum Gasteiger partial charge on any atom is -0.395 e. The van der Waals surface area contributed by atoms with E-state index in [2.05, 4.69) is 10.2 Å². The van der Waals surface area contributed by atoms with Gasteiger partial charge in [-0.2, -0.15) is 13.2 Å². The first-order chi connectivity index (χ1) is 13.8. The molecule has 1 saturated heterocycles. The van der Waals surface area contributed by atoms with Crippen LogP contribution in [0.5, 0.6) is 0 Å². The van der Waals surface area contributed by atoms with Crippen LogP contribution in [-0.4, -0.2) is 55.2 Å². The summed E-state index contributed by atoms with van der Waals surface area (Å²) in [6.07, 6.45) is -4.50. The molecule has 1 heterocycles. The monoisotopic (exact) mass is 407 g/mol. The van der Waals surface area contributed by atoms with Crippen molar-refractivity contribution in [2.45, 2.75) is 13.1 Å². The standard InChI is InChI=1S/C21H24F3N3O2/c1-15-4-2-3-5-17(15)20(29)25-18-14-16(21(22,23)24)6-7-19(18)27-10-8-26(9-11-27)12-13-28/h2-7,14,28H,8-13H2,1H3,(H,25,29). The van der Waals surface area contributed by atoms with Gasteiger partial charge < -0.3 is 15.3 Å². The lowest BCUT2D eigenvalue weighted by atomic mass is 10.1. The highest BCUT2D eigenvalue weighted by atomic mass is 19.4. The molecule has 0 aromatic heterocycles. The molecule has 0 aliphatic carbocycles. The number of hydrogen-bond acceptors (Lipinski definition) is 4. The van der Waals surface area contributed by atoms with Crippen LogP contribution in [0, 0.1) is 6.92 Å². The van der Waals surface area contributed by atoms with Gasteiger partial charge in [0, 0.05) is 38.3 Å². The van der Waals surface area contributed by atoms with Gasteiger partial charge in [0.1, 0.15) is 0 Å². The smallest absolute Gasteiger partial charge is 0.395 e. The fourth-order valence-corrected chi connectivity index (χ4v) is 3.46. The first-order valence-electron chi connectivity index (χ1n) is 9.46. The van der Waals surface area contributed by atoms with Gasteiger partial charge in [0.25, 0.3) is 5.91 Å². The van der Waals surface area contributed by atoms with E-state index in [1.54, 1.807) is 31.2 Å². The maximum absolute atomic E-state index is 13.2. The number of amides is 1. The van der Waals surface area contributed by atoms with Gasteiger partial charge >= 0.3 is 6.18 Å². The van der Waals surface area contributed by atoms with Gasteiger partial charge in [0.15, 0.2) is 0 Å². The minimum atomic E-state index is -4.50. The summed E-state index contributed by atoms with van der Waals surface area (Å²) in [5.41, 5.74) is 1.06. The number of rotatable bonds is 5. The molecular formula is C21H24F3N3O2. The molecule has 1 amide bonds. The van der Waals surface area contributed by atoms with E-state index in [0.717, 1.165) is 17.7 Å². The number of hydrogen-bond donors (Lipinski definition) is 2. The van der Waals surface area contributed by atoms with Crippen LogP contribution >= 0.6 is 0 Å². The number of alkyl halides is 3. The quantitative estimate of drug-likeness (QED) is 0.798. The molecule has 29 heavy (non-hydrogen) atoms. The molecule has 0 unspecified atom stereocenters. The molecule has 2 N–H and O–H groups in total. The van der Waals surface area contributed by atoms with Gasteiger partial charge in [0.05, 0.1) is 23.5 Å². The largest absolute Gasteiger partial charge is 0.416 e. The Morgan fingerprint density at radius 1 is 1.10 bits per heavy atom. The fourth-order valence-electron chi connectivity index (χ4n) is 3.46. The van der Waals surface area contributed by atoms with E-state index in [9.17, 15) is 18.0 Å². The minimum absolute atomic E-state index is 0.0675. The van der Waals surface area contributed by atoms with Gasteiger partial charge in [-0.25, -0.2) is 0 Å². The van der Waals surface area contributed by atoms with E-state index in [0.29, 0.717) is 44.0 Å². The van der Waals surface area contributed by atoms with Crippen LogP contribution < -0.4 is 10.2 Å². The molecule has 0 saturated carbocycles. The number of piperazine rings is 1. The van der Waals surface area contributed by atoms with Crippen molar-refractivity contribution in [1.29, 1.82) is 0 Å². The van der Waals surface area contributed by atoms with Crippen LogP contribution in [0.3, 0.4) is 0 Å². The van der Waals surface area contributed by atoms with Crippen LogP contribution in [0.1, 0.15) is 21.5 Å². The average molecular weight is 407 g/mol. The molecule has 2 aromatic carbocycles. The van der Waals surface area contributed by atoms with Crippen LogP contribution in [0.4, 0.5) is 24.5 Å². The normalized spacial score (nSPS) is 15.4. The van der Waals surface area contributed by atoms with Crippen molar-refractivity contribution >= 4 is 17.3 Å². The maximum Gasteiger partial charge on any atom is 0.416 e. The van der Waals surface area contributed by atoms with Crippen molar-refractivity contribution < 1.29 is 23.1 Å². The summed E-state index contributed by atoms with van der Waals surface area (Å²) in [6.45, 7) is 4.98. The number of carbonyl (C=O) groups is 1. The lowest BCUT2D eigenvalue weighted by Crippen LogP contribution is -2.47. The zero-order valence-electron chi connectivity index (χ0n) is 16.2. The second kappa shape index (κ2) is 8.84. The summed E-state index contributed by atoms with van der Waals surface area (Å²) in [7, 11) is 0. The van der Waals surface area contributed by atoms with Crippen molar-refractivity contribution in [2.24, 2.45) is 0 Å². The average Bonchev–Trinajstić information content (AvgIpc) is 2.68. The molecule has 2 aromatic rings. The Balaban J connectivity index is 1.89. The summed E-state index contributed by atoms with van der Waals surface area (Å²) in [5.74, 6) is -0.442. The van der Waals surface area contributed by atoms with Crippen LogP contribution in [0.15, 0.2) is 42.5 Å². The second-order valence-corrected chi connectivity index (χ2v) is 7.05. The third kappa shape index (κ3) is 5.07. The van der Waals surface area contributed by atoms with Crippen molar-refractivity contribution in [3.63, 3.8) is 0 Å². The highest BCUT2D eigenvalue weighted by molar-refractivity contribution is 6.06. The molecule has 5 nitrogen and oxygen atoms in total. The lowest BCUT2D eigenvalue weighted by Gasteiger charge is -2.36. The van der Waals surface area contributed by atoms with Crippen LogP contribution in [-0.2, 0) is 6.18 Å². The Hall–Kier alpha value is -2.58. The first kappa shape index (κ1) is 21.1. The number of aryl methyl sites for hydroxylation is 1. The molecule has 8 heteroatoms. The van der Waals surface area contributed by atoms with E-state index < -0.39 is 17.6 Å². The second-order valence-electron chi connectivity index (χ2n) is 7.05. The summed E-state index contributed by atoms with van der Waals surface area (Å²) in [4.78, 5) is 16.8. The van der Waals surface area contributed by atoms with E-state index in [-0.39, 0.29) is 12.3 Å². The number of aliphatic hydroxyl groups is 1. The number of anilines is 2. The summed E-state index contributed by atoms with van der Waals surface area (Å²) in [6, 6.07) is 10.4. The number of β-amino-alcohol motifs (C(OH)–C–C–N with tert-alkyl or cyclic N) is 1. The zero-order chi connectivity index (χ0) is 21.0. The van der Waals surface area contributed by atoms with Gasteiger partial charge in [-0.05, 0) is 36.8 Å². The van der Waals surface area contributed by atoms with E-state index in [1.165, 1.54) is 6.07 Å². The van der Waals surface area contributed by atoms with Crippen molar-refractivity contribution in [2.75, 3.05) is 49.5 Å². The van der Waals surface area contributed by atoms with Crippen molar-refractivity contribution in [1.82, 2.24) is 4.90 Å². The summed E-state index contributed by atoms with van der Waals surface area (Å²) in [5, 5.41) is 11.8. The van der Waals surface area contributed by atoms with E-state index in [4.69, 9.17) is 5.11 Å². The SMILES string of the molecule is Cc1ccccc1C(=O)Nc1cc(C(F)(F)F)ccc1N1CCN(CCO)CC1. The maximum atomic E-state index is 13.2. The molecule has 0 spiro atoms. The molecule has 3 rings (SSSR count). The Kier molecular flexibility index (Phi) is 6.44. The number of carbonyl (C=O) groups excluding carboxylic acids is 1. The molecule has 1 aliphatic rings. The fraction of sp³-hybridized carbons (Fsp3) is 0.381. The number of halogens is 3.